The molecule has 0 fully saturated rings. The molecule has 3 aromatic rings. The zero-order chi connectivity index (χ0) is 13.2. The molecule has 2 aromatic heterocycles. The molecule has 0 aliphatic carbocycles. The van der Waals surface area contributed by atoms with Gasteiger partial charge >= 0.3 is 0 Å². The highest BCUT2D eigenvalue weighted by molar-refractivity contribution is 6.32. The van der Waals surface area contributed by atoms with E-state index in [0.717, 1.165) is 16.9 Å². The largest absolute Gasteiger partial charge is 0.383 e. The predicted octanol–water partition coefficient (Wildman–Crippen LogP) is 3.17. The van der Waals surface area contributed by atoms with Crippen molar-refractivity contribution >= 4 is 17.4 Å². The van der Waals surface area contributed by atoms with E-state index in [2.05, 4.69) is 9.97 Å². The minimum atomic E-state index is 0.469. The fourth-order valence-electron chi connectivity index (χ4n) is 1.97. The van der Waals surface area contributed by atoms with Crippen LogP contribution < -0.4 is 5.73 Å². The van der Waals surface area contributed by atoms with Crippen LogP contribution >= 0.6 is 11.6 Å². The van der Waals surface area contributed by atoms with E-state index in [1.807, 2.05) is 41.0 Å². The van der Waals surface area contributed by atoms with Gasteiger partial charge in [-0.3, -0.25) is 4.57 Å². The van der Waals surface area contributed by atoms with Gasteiger partial charge in [0, 0.05) is 11.8 Å². The van der Waals surface area contributed by atoms with E-state index in [-0.39, 0.29) is 0 Å². The lowest BCUT2D eigenvalue weighted by Gasteiger charge is -2.10. The van der Waals surface area contributed by atoms with Crippen molar-refractivity contribution in [1.82, 2.24) is 14.5 Å². The second kappa shape index (κ2) is 4.74. The quantitative estimate of drug-likeness (QED) is 0.778. The van der Waals surface area contributed by atoms with Gasteiger partial charge in [0.05, 0.1) is 28.9 Å². The molecule has 5 heteroatoms. The summed E-state index contributed by atoms with van der Waals surface area (Å²) in [5.74, 6) is 0.469. The predicted molar refractivity (Wildman–Crippen MR) is 76.2 cm³/mol. The average molecular weight is 271 g/mol. The van der Waals surface area contributed by atoms with Gasteiger partial charge in [0.1, 0.15) is 5.82 Å². The number of nitrogen functional groups attached to an aromatic ring is 1. The molecule has 0 saturated heterocycles. The Kier molecular flexibility index (Phi) is 2.93. The fourth-order valence-corrected chi connectivity index (χ4v) is 2.19. The molecular weight excluding hydrogens is 260 g/mol. The van der Waals surface area contributed by atoms with Crippen LogP contribution in [0.25, 0.3) is 16.9 Å². The molecule has 0 amide bonds. The highest BCUT2D eigenvalue weighted by Crippen LogP contribution is 2.28. The van der Waals surface area contributed by atoms with E-state index < -0.39 is 0 Å². The minimum absolute atomic E-state index is 0.469. The van der Waals surface area contributed by atoms with Crippen molar-refractivity contribution in [2.75, 3.05) is 5.73 Å². The van der Waals surface area contributed by atoms with Crippen molar-refractivity contribution in [3.63, 3.8) is 0 Å². The molecular formula is C14H11ClN4. The Labute approximate surface area is 115 Å². The smallest absolute Gasteiger partial charge is 0.132 e. The number of aromatic nitrogens is 3. The summed E-state index contributed by atoms with van der Waals surface area (Å²) in [6.07, 6.45) is 5.12. The summed E-state index contributed by atoms with van der Waals surface area (Å²) < 4.78 is 1.90. The number of nitrogens with zero attached hydrogens (tertiary/aromatic N) is 3. The average Bonchev–Trinajstić information content (AvgIpc) is 2.89. The van der Waals surface area contributed by atoms with Gasteiger partial charge in [-0.25, -0.2) is 9.97 Å². The molecule has 4 nitrogen and oxygen atoms in total. The molecule has 94 valence electrons. The van der Waals surface area contributed by atoms with E-state index in [4.69, 9.17) is 17.3 Å². The lowest BCUT2D eigenvalue weighted by molar-refractivity contribution is 1.06. The summed E-state index contributed by atoms with van der Waals surface area (Å²) in [6, 6.07) is 11.3. The lowest BCUT2D eigenvalue weighted by Crippen LogP contribution is -1.99. The van der Waals surface area contributed by atoms with E-state index in [0.29, 0.717) is 10.8 Å². The number of hydrogen-bond donors (Lipinski definition) is 1. The molecule has 0 bridgehead atoms. The van der Waals surface area contributed by atoms with Crippen LogP contribution in [0.5, 0.6) is 0 Å². The van der Waals surface area contributed by atoms with Crippen LogP contribution in [0.4, 0.5) is 5.82 Å². The molecule has 0 spiro atoms. The zero-order valence-electron chi connectivity index (χ0n) is 9.99. The number of hydrogen-bond acceptors (Lipinski definition) is 3. The van der Waals surface area contributed by atoms with Gasteiger partial charge in [0.2, 0.25) is 0 Å². The maximum Gasteiger partial charge on any atom is 0.132 e. The first-order valence-electron chi connectivity index (χ1n) is 5.75. The first kappa shape index (κ1) is 11.7. The number of imidazole rings is 1. The highest BCUT2D eigenvalue weighted by atomic mass is 35.5. The lowest BCUT2D eigenvalue weighted by atomic mass is 10.2. The molecule has 0 radical (unpaired) electrons. The Morgan fingerprint density at radius 2 is 1.95 bits per heavy atom. The van der Waals surface area contributed by atoms with E-state index in [1.165, 1.54) is 0 Å². The van der Waals surface area contributed by atoms with E-state index >= 15 is 0 Å². The van der Waals surface area contributed by atoms with Crippen LogP contribution in [0.15, 0.2) is 55.1 Å². The molecule has 0 aliphatic heterocycles. The number of para-hydroxylation sites is 1. The maximum absolute atomic E-state index is 6.22. The van der Waals surface area contributed by atoms with Crippen LogP contribution in [0, 0.1) is 0 Å². The molecule has 1 aromatic carbocycles. The Morgan fingerprint density at radius 3 is 2.74 bits per heavy atom. The third-order valence-electron chi connectivity index (χ3n) is 2.86. The molecule has 0 unspecified atom stereocenters. The molecule has 3 rings (SSSR count). The van der Waals surface area contributed by atoms with Crippen molar-refractivity contribution < 1.29 is 0 Å². The van der Waals surface area contributed by atoms with Crippen LogP contribution in [-0.4, -0.2) is 14.5 Å². The van der Waals surface area contributed by atoms with Gasteiger partial charge in [-0.15, -0.1) is 0 Å². The summed E-state index contributed by atoms with van der Waals surface area (Å²) in [7, 11) is 0. The van der Waals surface area contributed by atoms with Crippen molar-refractivity contribution in [3.8, 4) is 16.9 Å². The molecule has 2 N–H and O–H groups in total. The second-order valence-electron chi connectivity index (χ2n) is 4.04. The van der Waals surface area contributed by atoms with Crippen molar-refractivity contribution in [3.05, 3.63) is 60.1 Å². The Morgan fingerprint density at radius 1 is 1.11 bits per heavy atom. The van der Waals surface area contributed by atoms with Crippen LogP contribution in [-0.2, 0) is 0 Å². The molecule has 0 saturated carbocycles. The summed E-state index contributed by atoms with van der Waals surface area (Å²) >= 11 is 6.22. The van der Waals surface area contributed by atoms with Gasteiger partial charge in [-0.1, -0.05) is 23.7 Å². The maximum atomic E-state index is 6.22. The Balaban J connectivity index is 2.20. The number of rotatable bonds is 2. The van der Waals surface area contributed by atoms with E-state index in [1.54, 1.807) is 18.7 Å². The van der Waals surface area contributed by atoms with Gasteiger partial charge in [-0.2, -0.15) is 0 Å². The number of anilines is 1. The summed E-state index contributed by atoms with van der Waals surface area (Å²) in [5.41, 5.74) is 8.47. The molecule has 2 heterocycles. The van der Waals surface area contributed by atoms with Crippen molar-refractivity contribution in [2.45, 2.75) is 0 Å². The van der Waals surface area contributed by atoms with Crippen LogP contribution in [0.2, 0.25) is 5.02 Å². The van der Waals surface area contributed by atoms with Gasteiger partial charge in [-0.05, 0) is 24.3 Å². The summed E-state index contributed by atoms with van der Waals surface area (Å²) in [6.45, 7) is 0. The van der Waals surface area contributed by atoms with Crippen LogP contribution in [0.1, 0.15) is 0 Å². The Bertz CT molecular complexity index is 661. The number of halogens is 1. The standard InChI is InChI=1S/C14H11ClN4/c15-11-5-1-2-6-12(11)19-9-17-8-13(19)10-4-3-7-18-14(10)16/h1-9H,(H2,16,18). The van der Waals surface area contributed by atoms with Crippen molar-refractivity contribution in [2.24, 2.45) is 0 Å². The SMILES string of the molecule is Nc1ncccc1-c1cncn1-c1ccccc1Cl. The third kappa shape index (κ3) is 2.06. The first-order chi connectivity index (χ1) is 9.27. The Hall–Kier alpha value is -2.33. The fraction of sp³-hybridized carbons (Fsp3) is 0. The molecule has 19 heavy (non-hydrogen) atoms. The number of pyridine rings is 1. The topological polar surface area (TPSA) is 56.7 Å². The monoisotopic (exact) mass is 270 g/mol. The van der Waals surface area contributed by atoms with Gasteiger partial charge in [0.25, 0.3) is 0 Å². The minimum Gasteiger partial charge on any atom is -0.383 e. The van der Waals surface area contributed by atoms with Crippen molar-refractivity contribution in [1.29, 1.82) is 0 Å². The normalized spacial score (nSPS) is 10.6. The van der Waals surface area contributed by atoms with Gasteiger partial charge in [0.15, 0.2) is 0 Å². The number of nitrogens with two attached hydrogens (primary N) is 1. The summed E-state index contributed by atoms with van der Waals surface area (Å²) in [5, 5.41) is 0.657. The van der Waals surface area contributed by atoms with Gasteiger partial charge < -0.3 is 5.73 Å². The zero-order valence-corrected chi connectivity index (χ0v) is 10.7. The molecule has 0 atom stereocenters. The summed E-state index contributed by atoms with van der Waals surface area (Å²) in [4.78, 5) is 8.27. The second-order valence-corrected chi connectivity index (χ2v) is 4.44. The first-order valence-corrected chi connectivity index (χ1v) is 6.13. The van der Waals surface area contributed by atoms with Crippen LogP contribution in [0.3, 0.4) is 0 Å². The highest BCUT2D eigenvalue weighted by Gasteiger charge is 2.11. The number of benzene rings is 1. The van der Waals surface area contributed by atoms with E-state index in [9.17, 15) is 0 Å². The third-order valence-corrected chi connectivity index (χ3v) is 3.18. The molecule has 0 aliphatic rings.